The van der Waals surface area contributed by atoms with Crippen LogP contribution in [-0.4, -0.2) is 12.3 Å². The van der Waals surface area contributed by atoms with E-state index in [1.165, 1.54) is 57.3 Å². The van der Waals surface area contributed by atoms with Crippen molar-refractivity contribution in [1.82, 2.24) is 0 Å². The van der Waals surface area contributed by atoms with Crippen LogP contribution in [0.25, 0.3) is 0 Å². The Morgan fingerprint density at radius 1 is 0.366 bits per heavy atom. The van der Waals surface area contributed by atoms with E-state index >= 15 is 0 Å². The molecule has 0 amide bonds. The Bertz CT molecular complexity index is 1150. The summed E-state index contributed by atoms with van der Waals surface area (Å²) >= 11 is 0. The van der Waals surface area contributed by atoms with E-state index in [1.807, 2.05) is 0 Å². The van der Waals surface area contributed by atoms with E-state index in [2.05, 4.69) is 121 Å². The molecule has 0 aromatic heterocycles. The zero-order valence-electron chi connectivity index (χ0n) is 24.3. The van der Waals surface area contributed by atoms with Crippen molar-refractivity contribution < 1.29 is 0 Å². The first kappa shape index (κ1) is 27.6. The fourth-order valence-corrected chi connectivity index (χ4v) is 16.4. The molecule has 0 N–H and O–H groups in total. The molecule has 3 aliphatic rings. The predicted octanol–water partition coefficient (Wildman–Crippen LogP) is 11.9. The van der Waals surface area contributed by atoms with Gasteiger partial charge in [0.25, 0.3) is 0 Å². The highest BCUT2D eigenvalue weighted by molar-refractivity contribution is 7.59. The van der Waals surface area contributed by atoms with Gasteiger partial charge in [0.1, 0.15) is 0 Å². The molecule has 2 heterocycles. The van der Waals surface area contributed by atoms with E-state index in [-0.39, 0.29) is 15.8 Å². The minimum Gasteiger partial charge on any atom is -0.0911 e. The lowest BCUT2D eigenvalue weighted by Crippen LogP contribution is -2.09. The van der Waals surface area contributed by atoms with Gasteiger partial charge in [-0.2, -0.15) is 0 Å². The van der Waals surface area contributed by atoms with Crippen molar-refractivity contribution in [2.24, 2.45) is 11.8 Å². The number of benzene rings is 4. The Balaban J connectivity index is 1.08. The van der Waals surface area contributed by atoms with Crippen LogP contribution in [0, 0.1) is 11.8 Å². The number of rotatable bonds is 8. The minimum atomic E-state index is -0.0545. The Labute approximate surface area is 250 Å². The summed E-state index contributed by atoms with van der Waals surface area (Å²) in [6, 6.07) is 46.2. The van der Waals surface area contributed by atoms with Crippen LogP contribution in [0.3, 0.4) is 0 Å². The van der Waals surface area contributed by atoms with Crippen molar-refractivity contribution in [2.75, 3.05) is 12.3 Å². The van der Waals surface area contributed by atoms with Crippen molar-refractivity contribution in [2.45, 2.75) is 67.6 Å². The molecule has 7 rings (SSSR count). The van der Waals surface area contributed by atoms with Crippen LogP contribution in [0.2, 0.25) is 0 Å². The smallest absolute Gasteiger partial charge is 0.00477 e. The molecule has 4 aromatic rings. The Kier molecular flexibility index (Phi) is 8.70. The normalized spacial score (nSPS) is 28.8. The summed E-state index contributed by atoms with van der Waals surface area (Å²) in [7, 11) is -0.109. The van der Waals surface area contributed by atoms with Crippen molar-refractivity contribution in [1.29, 1.82) is 0 Å². The van der Waals surface area contributed by atoms with Crippen molar-refractivity contribution in [3.8, 4) is 0 Å². The van der Waals surface area contributed by atoms with Crippen LogP contribution in [0.15, 0.2) is 121 Å². The van der Waals surface area contributed by atoms with Gasteiger partial charge in [-0.15, -0.1) is 0 Å². The highest BCUT2D eigenvalue weighted by atomic mass is 31.1. The maximum absolute atomic E-state index is 2.42. The lowest BCUT2D eigenvalue weighted by molar-refractivity contribution is 0.561. The Morgan fingerprint density at radius 2 is 0.634 bits per heavy atom. The number of hydrogen-bond acceptors (Lipinski definition) is 0. The predicted molar refractivity (Wildman–Crippen MR) is 180 cm³/mol. The van der Waals surface area contributed by atoms with Gasteiger partial charge >= 0.3 is 0 Å². The first-order valence-corrected chi connectivity index (χ1v) is 19.4. The molecule has 4 aromatic carbocycles. The van der Waals surface area contributed by atoms with Crippen molar-refractivity contribution in [3.05, 3.63) is 144 Å². The summed E-state index contributed by atoms with van der Waals surface area (Å²) in [5.74, 6) is 1.84. The third-order valence-electron chi connectivity index (χ3n) is 10.4. The Hall–Kier alpha value is -2.26. The third-order valence-corrected chi connectivity index (χ3v) is 17.7. The summed E-state index contributed by atoms with van der Waals surface area (Å²) in [6.45, 7) is 0. The van der Waals surface area contributed by atoms with Gasteiger partial charge in [-0.05, 0) is 91.4 Å². The standard InChI is InChI=1S/C39H44P2/c1-5-13-32(14-6-1)36-23-24-37(33-15-7-2-8-16-33)40(36)28-30-21-22-31(27-30)29-41-38(34-17-9-3-10-18-34)25-26-39(41)35-19-11-4-12-20-35/h1-20,30-31,36-39H,21-29H2/t30-,31+,36-,37-,38-,39-/m0/s1. The molecule has 41 heavy (non-hydrogen) atoms. The molecule has 2 aliphatic heterocycles. The fraction of sp³-hybridized carbons (Fsp3) is 0.385. The highest BCUT2D eigenvalue weighted by Crippen LogP contribution is 2.73. The molecule has 0 spiro atoms. The van der Waals surface area contributed by atoms with Gasteiger partial charge in [-0.25, -0.2) is 0 Å². The average molecular weight is 575 g/mol. The van der Waals surface area contributed by atoms with Crippen molar-refractivity contribution in [3.63, 3.8) is 0 Å². The van der Waals surface area contributed by atoms with E-state index in [4.69, 9.17) is 0 Å². The van der Waals surface area contributed by atoms with Gasteiger partial charge in [0.05, 0.1) is 0 Å². The summed E-state index contributed by atoms with van der Waals surface area (Å²) in [4.78, 5) is 0. The largest absolute Gasteiger partial charge is 0.0911 e. The molecule has 2 heteroatoms. The second kappa shape index (κ2) is 12.9. The first-order valence-electron chi connectivity index (χ1n) is 16.0. The molecule has 0 nitrogen and oxygen atoms in total. The molecule has 1 saturated carbocycles. The second-order valence-corrected chi connectivity index (χ2v) is 18.1. The fourth-order valence-electron chi connectivity index (χ4n) is 8.48. The van der Waals surface area contributed by atoms with E-state index in [0.29, 0.717) is 0 Å². The number of hydrogen-bond donors (Lipinski definition) is 0. The SMILES string of the molecule is c1ccc([C@@H]2CC[C@@H](c3ccccc3)P2C[C@@H]2CC[C@H](CP3[C@H](c4ccccc4)CC[C@H]3c3ccccc3)C2)cc1. The lowest BCUT2D eigenvalue weighted by atomic mass is 10.0. The van der Waals surface area contributed by atoms with Gasteiger partial charge in [-0.1, -0.05) is 137 Å². The van der Waals surface area contributed by atoms with Crippen LogP contribution in [-0.2, 0) is 0 Å². The molecule has 6 atom stereocenters. The topological polar surface area (TPSA) is 0 Å². The summed E-state index contributed by atoms with van der Waals surface area (Å²) in [6.07, 6.45) is 12.8. The summed E-state index contributed by atoms with van der Waals surface area (Å²) < 4.78 is 0. The van der Waals surface area contributed by atoms with Crippen LogP contribution >= 0.6 is 15.8 Å². The van der Waals surface area contributed by atoms with E-state index in [0.717, 1.165) is 34.5 Å². The first-order chi connectivity index (χ1) is 20.3. The molecule has 1 aliphatic carbocycles. The molecule has 0 unspecified atom stereocenters. The van der Waals surface area contributed by atoms with E-state index in [9.17, 15) is 0 Å². The van der Waals surface area contributed by atoms with Crippen LogP contribution in [0.1, 0.15) is 89.8 Å². The molecule has 0 bridgehead atoms. The van der Waals surface area contributed by atoms with Gasteiger partial charge in [0, 0.05) is 22.6 Å². The van der Waals surface area contributed by atoms with Gasteiger partial charge in [-0.3, -0.25) is 0 Å². The monoisotopic (exact) mass is 574 g/mol. The Morgan fingerprint density at radius 3 is 0.902 bits per heavy atom. The lowest BCUT2D eigenvalue weighted by Gasteiger charge is -2.31. The minimum absolute atomic E-state index is 0.0545. The summed E-state index contributed by atoms with van der Waals surface area (Å²) in [5.41, 5.74) is 9.54. The van der Waals surface area contributed by atoms with Crippen LogP contribution in [0.5, 0.6) is 0 Å². The van der Waals surface area contributed by atoms with Gasteiger partial charge in [0.2, 0.25) is 0 Å². The van der Waals surface area contributed by atoms with E-state index < -0.39 is 0 Å². The third kappa shape index (κ3) is 6.12. The quantitative estimate of drug-likeness (QED) is 0.184. The summed E-state index contributed by atoms with van der Waals surface area (Å²) in [5, 5.41) is 0. The zero-order chi connectivity index (χ0) is 27.4. The maximum atomic E-state index is 2.42. The molecular formula is C39H44P2. The average Bonchev–Trinajstić information content (AvgIpc) is 3.78. The van der Waals surface area contributed by atoms with Crippen molar-refractivity contribution >= 4 is 15.8 Å². The molecule has 3 fully saturated rings. The molecular weight excluding hydrogens is 530 g/mol. The molecule has 0 radical (unpaired) electrons. The molecule has 210 valence electrons. The second-order valence-electron chi connectivity index (χ2n) is 12.8. The maximum Gasteiger partial charge on any atom is 0.00477 e. The van der Waals surface area contributed by atoms with Crippen LogP contribution < -0.4 is 0 Å². The van der Waals surface area contributed by atoms with E-state index in [1.54, 1.807) is 22.3 Å². The van der Waals surface area contributed by atoms with Gasteiger partial charge in [0.15, 0.2) is 0 Å². The highest BCUT2D eigenvalue weighted by Gasteiger charge is 2.42. The van der Waals surface area contributed by atoms with Crippen LogP contribution in [0.4, 0.5) is 0 Å². The zero-order valence-corrected chi connectivity index (χ0v) is 26.1. The molecule has 2 saturated heterocycles. The van der Waals surface area contributed by atoms with Gasteiger partial charge < -0.3 is 0 Å².